The number of primary sulfonamides is 1. The molecule has 5 nitrogen and oxygen atoms in total. The number of nitrogens with zero attached hydrogens (tertiary/aromatic N) is 1. The lowest BCUT2D eigenvalue weighted by molar-refractivity contribution is 0.109. The van der Waals surface area contributed by atoms with E-state index in [1.54, 1.807) is 17.8 Å². The van der Waals surface area contributed by atoms with Crippen molar-refractivity contribution in [3.63, 3.8) is 0 Å². The number of piperazine rings is 1. The first-order valence-corrected chi connectivity index (χ1v) is 10.4. The highest BCUT2D eigenvalue weighted by atomic mass is 32.3. The van der Waals surface area contributed by atoms with Crippen molar-refractivity contribution in [1.82, 2.24) is 10.2 Å². The highest BCUT2D eigenvalue weighted by Crippen LogP contribution is 2.45. The SMILES string of the molecule is CC(C)[C@H]1CN(C)C2CSc3sc(S(N)(=O)=O)cc3[C@H]2N1. The van der Waals surface area contributed by atoms with Crippen molar-refractivity contribution in [2.75, 3.05) is 19.3 Å². The highest BCUT2D eigenvalue weighted by molar-refractivity contribution is 8.01. The number of hydrogen-bond donors (Lipinski definition) is 2. The van der Waals surface area contributed by atoms with Crippen LogP contribution in [-0.2, 0) is 10.0 Å². The number of thioether (sulfide) groups is 1. The van der Waals surface area contributed by atoms with Crippen LogP contribution in [0.5, 0.6) is 0 Å². The molecule has 0 bridgehead atoms. The van der Waals surface area contributed by atoms with Crippen molar-refractivity contribution >= 4 is 33.1 Å². The zero-order chi connectivity index (χ0) is 15.4. The summed E-state index contributed by atoms with van der Waals surface area (Å²) in [5.74, 6) is 1.53. The third-order valence-corrected chi connectivity index (χ3v) is 8.31. The average molecular weight is 348 g/mol. The fourth-order valence-corrected chi connectivity index (χ4v) is 6.68. The van der Waals surface area contributed by atoms with Gasteiger partial charge in [-0.25, -0.2) is 13.6 Å². The maximum Gasteiger partial charge on any atom is 0.247 e. The first-order valence-electron chi connectivity index (χ1n) is 7.03. The van der Waals surface area contributed by atoms with E-state index in [1.165, 1.54) is 11.3 Å². The van der Waals surface area contributed by atoms with E-state index in [4.69, 9.17) is 5.14 Å². The average Bonchev–Trinajstić information content (AvgIpc) is 2.82. The summed E-state index contributed by atoms with van der Waals surface area (Å²) < 4.78 is 24.6. The number of rotatable bonds is 2. The Bertz CT molecular complexity index is 641. The van der Waals surface area contributed by atoms with E-state index in [0.29, 0.717) is 18.0 Å². The fourth-order valence-electron chi connectivity index (χ4n) is 3.01. The molecule has 0 aromatic carbocycles. The van der Waals surface area contributed by atoms with E-state index >= 15 is 0 Å². The molecular formula is C13H21N3O2S3. The molecule has 3 atom stereocenters. The van der Waals surface area contributed by atoms with Gasteiger partial charge < -0.3 is 5.32 Å². The number of sulfonamides is 1. The summed E-state index contributed by atoms with van der Waals surface area (Å²) in [7, 11) is -1.46. The molecule has 2 aliphatic heterocycles. The van der Waals surface area contributed by atoms with E-state index in [9.17, 15) is 8.42 Å². The normalized spacial score (nSPS) is 30.2. The smallest absolute Gasteiger partial charge is 0.247 e. The number of likely N-dealkylation sites (N-methyl/N-ethyl adjacent to an activating group) is 1. The van der Waals surface area contributed by atoms with E-state index in [2.05, 4.69) is 31.1 Å². The maximum atomic E-state index is 11.6. The second-order valence-corrected chi connectivity index (χ2v) is 10.3. The van der Waals surface area contributed by atoms with Gasteiger partial charge in [-0.3, -0.25) is 4.90 Å². The molecule has 0 aliphatic carbocycles. The lowest BCUT2D eigenvalue weighted by atomic mass is 9.92. The minimum absolute atomic E-state index is 0.194. The van der Waals surface area contributed by atoms with Crippen LogP contribution in [0.2, 0.25) is 0 Å². The molecule has 1 saturated heterocycles. The monoisotopic (exact) mass is 347 g/mol. The largest absolute Gasteiger partial charge is 0.304 e. The quantitative estimate of drug-likeness (QED) is 0.847. The predicted octanol–water partition coefficient (Wildman–Crippen LogP) is 1.47. The highest BCUT2D eigenvalue weighted by Gasteiger charge is 2.40. The Morgan fingerprint density at radius 3 is 2.81 bits per heavy atom. The van der Waals surface area contributed by atoms with Crippen LogP contribution < -0.4 is 10.5 Å². The Labute approximate surface area is 134 Å². The summed E-state index contributed by atoms with van der Waals surface area (Å²) in [6.45, 7) is 5.46. The number of fused-ring (bicyclic) bond motifs is 3. The Morgan fingerprint density at radius 1 is 1.48 bits per heavy atom. The van der Waals surface area contributed by atoms with Crippen molar-refractivity contribution < 1.29 is 8.42 Å². The zero-order valence-corrected chi connectivity index (χ0v) is 14.8. The molecule has 118 valence electrons. The van der Waals surface area contributed by atoms with Gasteiger partial charge in [-0.05, 0) is 24.6 Å². The molecule has 1 fully saturated rings. The lowest BCUT2D eigenvalue weighted by Gasteiger charge is -2.47. The second kappa shape index (κ2) is 5.50. The maximum absolute atomic E-state index is 11.6. The molecular weight excluding hydrogens is 326 g/mol. The van der Waals surface area contributed by atoms with Gasteiger partial charge in [-0.15, -0.1) is 23.1 Å². The molecule has 0 spiro atoms. The second-order valence-electron chi connectivity index (χ2n) is 6.17. The molecule has 1 aromatic heterocycles. The van der Waals surface area contributed by atoms with Crippen molar-refractivity contribution in [3.8, 4) is 0 Å². The van der Waals surface area contributed by atoms with Gasteiger partial charge in [0.25, 0.3) is 0 Å². The number of nitrogens with two attached hydrogens (primary N) is 1. The zero-order valence-electron chi connectivity index (χ0n) is 12.4. The van der Waals surface area contributed by atoms with Gasteiger partial charge in [0.2, 0.25) is 10.0 Å². The molecule has 8 heteroatoms. The summed E-state index contributed by atoms with van der Waals surface area (Å²) in [4.78, 5) is 2.40. The number of nitrogens with one attached hydrogen (secondary N) is 1. The molecule has 3 heterocycles. The van der Waals surface area contributed by atoms with Crippen LogP contribution in [0.15, 0.2) is 14.5 Å². The van der Waals surface area contributed by atoms with Gasteiger partial charge in [0.05, 0.1) is 10.3 Å². The number of thiophene rings is 1. The summed E-state index contributed by atoms with van der Waals surface area (Å²) in [5, 5.41) is 9.00. The van der Waals surface area contributed by atoms with Crippen molar-refractivity contribution in [3.05, 3.63) is 11.6 Å². The molecule has 0 saturated carbocycles. The first-order chi connectivity index (χ1) is 9.77. The van der Waals surface area contributed by atoms with Crippen LogP contribution in [0, 0.1) is 5.92 Å². The van der Waals surface area contributed by atoms with E-state index < -0.39 is 10.0 Å². The van der Waals surface area contributed by atoms with Crippen LogP contribution in [0.4, 0.5) is 0 Å². The van der Waals surface area contributed by atoms with Gasteiger partial charge in [0, 0.05) is 24.4 Å². The van der Waals surface area contributed by atoms with Crippen molar-refractivity contribution in [1.29, 1.82) is 0 Å². The molecule has 1 aromatic rings. The molecule has 0 radical (unpaired) electrons. The van der Waals surface area contributed by atoms with Gasteiger partial charge >= 0.3 is 0 Å². The summed E-state index contributed by atoms with van der Waals surface area (Å²) in [6.07, 6.45) is 0. The summed E-state index contributed by atoms with van der Waals surface area (Å²) in [5.41, 5.74) is 1.10. The number of hydrogen-bond acceptors (Lipinski definition) is 6. The van der Waals surface area contributed by atoms with Crippen molar-refractivity contribution in [2.24, 2.45) is 11.1 Å². The van der Waals surface area contributed by atoms with Gasteiger partial charge in [0.1, 0.15) is 4.21 Å². The third-order valence-electron chi connectivity index (χ3n) is 4.34. The van der Waals surface area contributed by atoms with Crippen LogP contribution in [0.25, 0.3) is 0 Å². The summed E-state index contributed by atoms with van der Waals surface area (Å²) >= 11 is 3.04. The van der Waals surface area contributed by atoms with E-state index in [0.717, 1.165) is 22.1 Å². The topological polar surface area (TPSA) is 75.4 Å². The van der Waals surface area contributed by atoms with Crippen LogP contribution >= 0.6 is 23.1 Å². The summed E-state index contributed by atoms with van der Waals surface area (Å²) in [6, 6.07) is 2.78. The minimum atomic E-state index is -3.61. The molecule has 0 amide bonds. The predicted molar refractivity (Wildman–Crippen MR) is 87.3 cm³/mol. The Morgan fingerprint density at radius 2 is 2.19 bits per heavy atom. The Hall–Kier alpha value is -0.120. The minimum Gasteiger partial charge on any atom is -0.304 e. The molecule has 1 unspecified atom stereocenters. The lowest BCUT2D eigenvalue weighted by Crippen LogP contribution is -2.59. The van der Waals surface area contributed by atoms with Crippen LogP contribution in [0.1, 0.15) is 25.5 Å². The Kier molecular flexibility index (Phi) is 4.13. The molecule has 3 N–H and O–H groups in total. The van der Waals surface area contributed by atoms with Gasteiger partial charge in [0.15, 0.2) is 0 Å². The van der Waals surface area contributed by atoms with E-state index in [-0.39, 0.29) is 10.3 Å². The third kappa shape index (κ3) is 2.89. The Balaban J connectivity index is 1.98. The van der Waals surface area contributed by atoms with Crippen molar-refractivity contribution in [2.45, 2.75) is 40.4 Å². The molecule has 2 aliphatic rings. The van der Waals surface area contributed by atoms with Gasteiger partial charge in [-0.1, -0.05) is 13.8 Å². The van der Waals surface area contributed by atoms with Crippen LogP contribution in [0.3, 0.4) is 0 Å². The fraction of sp³-hybridized carbons (Fsp3) is 0.692. The first kappa shape index (κ1) is 15.8. The van der Waals surface area contributed by atoms with E-state index in [1.807, 2.05) is 0 Å². The molecule has 21 heavy (non-hydrogen) atoms. The molecule has 3 rings (SSSR count). The standard InChI is InChI=1S/C13H21N3O2S3/c1-7(2)9-5-16(3)10-6-19-13-8(12(10)15-9)4-11(20-13)21(14,17)18/h4,7,9-10,12,15H,5-6H2,1-3H3,(H2,14,17,18)/t9-,10?,12-/m1/s1. The van der Waals surface area contributed by atoms with Crippen LogP contribution in [-0.4, -0.2) is 44.7 Å². The van der Waals surface area contributed by atoms with Gasteiger partial charge in [-0.2, -0.15) is 0 Å².